The predicted molar refractivity (Wildman–Crippen MR) is 69.0 cm³/mol. The zero-order valence-corrected chi connectivity index (χ0v) is 11.1. The third-order valence-electron chi connectivity index (χ3n) is 1.63. The fourth-order valence-corrected chi connectivity index (χ4v) is 2.41. The molecule has 0 spiro atoms. The van der Waals surface area contributed by atoms with E-state index in [1.165, 1.54) is 0 Å². The Morgan fingerprint density at radius 1 is 1.71 bits per heavy atom. The maximum Gasteiger partial charge on any atom is 0.139 e. The van der Waals surface area contributed by atoms with E-state index in [2.05, 4.69) is 32.9 Å². The molecule has 0 aliphatic heterocycles. The van der Waals surface area contributed by atoms with Crippen LogP contribution in [0, 0.1) is 3.57 Å². The Kier molecular flexibility index (Phi) is 4.80. The van der Waals surface area contributed by atoms with Gasteiger partial charge >= 0.3 is 0 Å². The summed E-state index contributed by atoms with van der Waals surface area (Å²) >= 11 is 2.23. The standard InChI is InChI=1S/C9H13IN2OS/c1-7(6-14(2)13)12-9-8(10)4-3-5-11-9/h3-5,7H,6H2,1-2H3,(H,11,12). The van der Waals surface area contributed by atoms with Gasteiger partial charge in [0.2, 0.25) is 0 Å². The van der Waals surface area contributed by atoms with Crippen LogP contribution in [-0.2, 0) is 10.8 Å². The van der Waals surface area contributed by atoms with Gasteiger partial charge in [-0.25, -0.2) is 4.98 Å². The molecule has 1 heterocycles. The molecule has 14 heavy (non-hydrogen) atoms. The first-order valence-corrected chi connectivity index (χ1v) is 7.07. The number of hydrogen-bond acceptors (Lipinski definition) is 3. The van der Waals surface area contributed by atoms with E-state index < -0.39 is 10.8 Å². The molecule has 0 saturated carbocycles. The first-order chi connectivity index (χ1) is 6.59. The van der Waals surface area contributed by atoms with Crippen LogP contribution in [0.3, 0.4) is 0 Å². The van der Waals surface area contributed by atoms with E-state index in [1.54, 1.807) is 12.5 Å². The lowest BCUT2D eigenvalue weighted by Crippen LogP contribution is -2.23. The van der Waals surface area contributed by atoms with Gasteiger partial charge in [-0.05, 0) is 41.6 Å². The summed E-state index contributed by atoms with van der Waals surface area (Å²) in [7, 11) is -0.769. The highest BCUT2D eigenvalue weighted by Gasteiger charge is 2.06. The largest absolute Gasteiger partial charge is 0.366 e. The molecule has 1 rings (SSSR count). The zero-order valence-electron chi connectivity index (χ0n) is 8.16. The van der Waals surface area contributed by atoms with Crippen molar-refractivity contribution in [2.45, 2.75) is 13.0 Å². The molecule has 0 radical (unpaired) electrons. The zero-order chi connectivity index (χ0) is 10.6. The lowest BCUT2D eigenvalue weighted by Gasteiger charge is -2.13. The molecule has 0 aliphatic rings. The van der Waals surface area contributed by atoms with Crippen molar-refractivity contribution in [2.24, 2.45) is 0 Å². The van der Waals surface area contributed by atoms with Crippen molar-refractivity contribution in [1.82, 2.24) is 4.98 Å². The molecule has 3 nitrogen and oxygen atoms in total. The van der Waals surface area contributed by atoms with Crippen LogP contribution in [0.5, 0.6) is 0 Å². The van der Waals surface area contributed by atoms with Gasteiger partial charge in [0, 0.05) is 35.0 Å². The van der Waals surface area contributed by atoms with E-state index in [9.17, 15) is 4.21 Å². The molecule has 0 aromatic carbocycles. The molecule has 0 amide bonds. The molecule has 2 unspecified atom stereocenters. The molecule has 1 N–H and O–H groups in total. The fourth-order valence-electron chi connectivity index (χ4n) is 1.12. The summed E-state index contributed by atoms with van der Waals surface area (Å²) in [5, 5.41) is 3.23. The number of nitrogens with zero attached hydrogens (tertiary/aromatic N) is 1. The van der Waals surface area contributed by atoms with Crippen molar-refractivity contribution in [3.05, 3.63) is 21.9 Å². The second kappa shape index (κ2) is 5.65. The Bertz CT molecular complexity index is 332. The van der Waals surface area contributed by atoms with Crippen LogP contribution in [-0.4, -0.2) is 27.2 Å². The van der Waals surface area contributed by atoms with E-state index in [0.29, 0.717) is 5.75 Å². The van der Waals surface area contributed by atoms with Gasteiger partial charge in [-0.3, -0.25) is 4.21 Å². The Balaban J connectivity index is 2.60. The topological polar surface area (TPSA) is 42.0 Å². The van der Waals surface area contributed by atoms with Crippen molar-refractivity contribution in [3.63, 3.8) is 0 Å². The highest BCUT2D eigenvalue weighted by Crippen LogP contribution is 2.14. The highest BCUT2D eigenvalue weighted by atomic mass is 127. The quantitative estimate of drug-likeness (QED) is 0.860. The van der Waals surface area contributed by atoms with Gasteiger partial charge in [-0.2, -0.15) is 0 Å². The SMILES string of the molecule is CC(CS(C)=O)Nc1ncccc1I. The molecule has 5 heteroatoms. The van der Waals surface area contributed by atoms with E-state index in [0.717, 1.165) is 9.39 Å². The van der Waals surface area contributed by atoms with E-state index in [4.69, 9.17) is 0 Å². The molecule has 0 fully saturated rings. The van der Waals surface area contributed by atoms with Crippen LogP contribution in [0.2, 0.25) is 0 Å². The minimum atomic E-state index is -0.769. The number of halogens is 1. The summed E-state index contributed by atoms with van der Waals surface area (Å²) in [6.45, 7) is 2.01. The Labute approximate surface area is 100 Å². The van der Waals surface area contributed by atoms with Gasteiger partial charge < -0.3 is 5.32 Å². The van der Waals surface area contributed by atoms with E-state index in [1.807, 2.05) is 19.1 Å². The summed E-state index contributed by atoms with van der Waals surface area (Å²) in [4.78, 5) is 4.21. The normalized spacial score (nSPS) is 14.8. The van der Waals surface area contributed by atoms with Crippen LogP contribution >= 0.6 is 22.6 Å². The second-order valence-electron chi connectivity index (χ2n) is 3.12. The summed E-state index contributed by atoms with van der Waals surface area (Å²) < 4.78 is 12.1. The first-order valence-electron chi connectivity index (χ1n) is 4.26. The molecule has 78 valence electrons. The fraction of sp³-hybridized carbons (Fsp3) is 0.444. The molecular formula is C9H13IN2OS. The maximum absolute atomic E-state index is 11.0. The third-order valence-corrected chi connectivity index (χ3v) is 3.47. The van der Waals surface area contributed by atoms with Gasteiger partial charge in [-0.15, -0.1) is 0 Å². The number of aromatic nitrogens is 1. The van der Waals surface area contributed by atoms with Crippen molar-refractivity contribution in [1.29, 1.82) is 0 Å². The van der Waals surface area contributed by atoms with Gasteiger partial charge in [0.05, 0.1) is 3.57 Å². The lowest BCUT2D eigenvalue weighted by molar-refractivity contribution is 0.683. The molecule has 1 aromatic rings. The van der Waals surface area contributed by atoms with Crippen molar-refractivity contribution in [2.75, 3.05) is 17.3 Å². The molecule has 1 aromatic heterocycles. The van der Waals surface area contributed by atoms with Crippen LogP contribution in [0.1, 0.15) is 6.92 Å². The number of rotatable bonds is 4. The average molecular weight is 324 g/mol. The smallest absolute Gasteiger partial charge is 0.139 e. The third kappa shape index (κ3) is 3.91. The molecule has 0 saturated heterocycles. The predicted octanol–water partition coefficient (Wildman–Crippen LogP) is 1.87. The minimum Gasteiger partial charge on any atom is -0.366 e. The van der Waals surface area contributed by atoms with Crippen molar-refractivity contribution < 1.29 is 4.21 Å². The van der Waals surface area contributed by atoms with Crippen molar-refractivity contribution in [3.8, 4) is 0 Å². The monoisotopic (exact) mass is 324 g/mol. The van der Waals surface area contributed by atoms with Crippen LogP contribution in [0.4, 0.5) is 5.82 Å². The van der Waals surface area contributed by atoms with E-state index in [-0.39, 0.29) is 6.04 Å². The summed E-state index contributed by atoms with van der Waals surface area (Å²) in [6.07, 6.45) is 3.46. The molecule has 0 bridgehead atoms. The Morgan fingerprint density at radius 2 is 2.43 bits per heavy atom. The Morgan fingerprint density at radius 3 is 3.00 bits per heavy atom. The van der Waals surface area contributed by atoms with Gasteiger partial charge in [-0.1, -0.05) is 0 Å². The molecular weight excluding hydrogens is 311 g/mol. The number of pyridine rings is 1. The second-order valence-corrected chi connectivity index (χ2v) is 5.76. The number of hydrogen-bond donors (Lipinski definition) is 1. The lowest BCUT2D eigenvalue weighted by atomic mass is 10.4. The molecule has 2 atom stereocenters. The van der Waals surface area contributed by atoms with Crippen molar-refractivity contribution >= 4 is 39.2 Å². The Hall–Kier alpha value is -0.170. The summed E-state index contributed by atoms with van der Waals surface area (Å²) in [6, 6.07) is 4.07. The van der Waals surface area contributed by atoms with Crippen LogP contribution in [0.25, 0.3) is 0 Å². The first kappa shape index (κ1) is 11.9. The number of nitrogens with one attached hydrogen (secondary N) is 1. The average Bonchev–Trinajstić information content (AvgIpc) is 2.07. The van der Waals surface area contributed by atoms with Gasteiger partial charge in [0.15, 0.2) is 0 Å². The molecule has 0 aliphatic carbocycles. The minimum absolute atomic E-state index is 0.184. The van der Waals surface area contributed by atoms with Crippen LogP contribution in [0.15, 0.2) is 18.3 Å². The summed E-state index contributed by atoms with van der Waals surface area (Å²) in [5.41, 5.74) is 0. The maximum atomic E-state index is 11.0. The van der Waals surface area contributed by atoms with E-state index >= 15 is 0 Å². The summed E-state index contributed by atoms with van der Waals surface area (Å²) in [5.74, 6) is 1.51. The van der Waals surface area contributed by atoms with Gasteiger partial charge in [0.25, 0.3) is 0 Å². The highest BCUT2D eigenvalue weighted by molar-refractivity contribution is 14.1. The van der Waals surface area contributed by atoms with Gasteiger partial charge in [0.1, 0.15) is 5.82 Å². The number of anilines is 1. The van der Waals surface area contributed by atoms with Crippen LogP contribution < -0.4 is 5.32 Å².